The molecule has 0 aromatic heterocycles. The lowest BCUT2D eigenvalue weighted by atomic mass is 9.78. The summed E-state index contributed by atoms with van der Waals surface area (Å²) in [4.78, 5) is 24.5. The van der Waals surface area contributed by atoms with Crippen LogP contribution < -0.4 is 15.9 Å². The minimum absolute atomic E-state index is 0.0516. The highest BCUT2D eigenvalue weighted by atomic mass is 16.6. The Labute approximate surface area is 184 Å². The monoisotopic (exact) mass is 435 g/mol. The van der Waals surface area contributed by atoms with E-state index in [0.717, 1.165) is 5.56 Å². The standard InChI is InChI=1S/C22H34BNO7/c1-21(2,3)19(25)29-13-14(30-20(26)22(4,5)6)12-28-17-9-7-8-15-16(10-11-24)31-23(27)18(15)17/h7-9,14,16,27H,10-13,24H2,1-6H3/t14-,16-/m0/s1. The summed E-state index contributed by atoms with van der Waals surface area (Å²) in [5, 5.41) is 10.3. The highest BCUT2D eigenvalue weighted by Gasteiger charge is 2.38. The number of hydrogen-bond acceptors (Lipinski definition) is 8. The number of rotatable bonds is 8. The van der Waals surface area contributed by atoms with Gasteiger partial charge in [0.1, 0.15) is 19.0 Å². The summed E-state index contributed by atoms with van der Waals surface area (Å²) in [6.45, 7) is 10.7. The maximum Gasteiger partial charge on any atom is 0.495 e. The van der Waals surface area contributed by atoms with E-state index in [1.54, 1.807) is 53.7 Å². The molecule has 1 aromatic carbocycles. The summed E-state index contributed by atoms with van der Waals surface area (Å²) >= 11 is 0. The molecule has 1 aliphatic heterocycles. The largest absolute Gasteiger partial charge is 0.495 e. The van der Waals surface area contributed by atoms with E-state index in [2.05, 4.69) is 0 Å². The minimum Gasteiger partial charge on any atom is -0.490 e. The van der Waals surface area contributed by atoms with E-state index >= 15 is 0 Å². The molecule has 0 fully saturated rings. The van der Waals surface area contributed by atoms with Gasteiger partial charge in [-0.1, -0.05) is 12.1 Å². The van der Waals surface area contributed by atoms with Gasteiger partial charge in [0.05, 0.1) is 16.9 Å². The highest BCUT2D eigenvalue weighted by molar-refractivity contribution is 6.62. The normalized spacial score (nSPS) is 17.2. The number of fused-ring (bicyclic) bond motifs is 1. The lowest BCUT2D eigenvalue weighted by Gasteiger charge is -2.25. The number of hydrogen-bond donors (Lipinski definition) is 2. The van der Waals surface area contributed by atoms with Crippen molar-refractivity contribution >= 4 is 24.5 Å². The van der Waals surface area contributed by atoms with Crippen molar-refractivity contribution in [2.45, 2.75) is 60.2 Å². The van der Waals surface area contributed by atoms with Crippen LogP contribution in [0.2, 0.25) is 0 Å². The van der Waals surface area contributed by atoms with E-state index < -0.39 is 36.0 Å². The summed E-state index contributed by atoms with van der Waals surface area (Å²) in [5.74, 6) is -0.417. The van der Waals surface area contributed by atoms with Crippen LogP contribution in [0.3, 0.4) is 0 Å². The zero-order valence-electron chi connectivity index (χ0n) is 19.3. The average Bonchev–Trinajstić information content (AvgIpc) is 2.98. The highest BCUT2D eigenvalue weighted by Crippen LogP contribution is 2.30. The van der Waals surface area contributed by atoms with Gasteiger partial charge in [0.25, 0.3) is 0 Å². The molecule has 0 bridgehead atoms. The van der Waals surface area contributed by atoms with Crippen molar-refractivity contribution in [3.8, 4) is 5.75 Å². The maximum absolute atomic E-state index is 12.4. The molecule has 0 spiro atoms. The van der Waals surface area contributed by atoms with Crippen LogP contribution in [0.25, 0.3) is 0 Å². The third-order valence-electron chi connectivity index (χ3n) is 4.74. The van der Waals surface area contributed by atoms with Gasteiger partial charge in [0.2, 0.25) is 0 Å². The molecule has 2 rings (SSSR count). The molecular formula is C22H34BNO7. The van der Waals surface area contributed by atoms with Crippen LogP contribution in [0.5, 0.6) is 5.75 Å². The lowest BCUT2D eigenvalue weighted by molar-refractivity contribution is -0.170. The van der Waals surface area contributed by atoms with Gasteiger partial charge < -0.3 is 29.6 Å². The van der Waals surface area contributed by atoms with Crippen molar-refractivity contribution in [2.24, 2.45) is 16.6 Å². The average molecular weight is 435 g/mol. The predicted octanol–water partition coefficient (Wildman–Crippen LogP) is 1.72. The van der Waals surface area contributed by atoms with Gasteiger partial charge in [-0.25, -0.2) is 0 Å². The fraction of sp³-hybridized carbons (Fsp3) is 0.636. The van der Waals surface area contributed by atoms with Crippen LogP contribution in [0, 0.1) is 10.8 Å². The van der Waals surface area contributed by atoms with E-state index in [1.807, 2.05) is 6.07 Å². The van der Waals surface area contributed by atoms with Crippen LogP contribution in [0.4, 0.5) is 0 Å². The fourth-order valence-electron chi connectivity index (χ4n) is 2.92. The molecule has 0 amide bonds. The SMILES string of the molecule is CC(C)(C)C(=O)OC[C@H](COc1cccc2c1B(O)O[C@H]2CCN)OC(=O)C(C)(C)C. The van der Waals surface area contributed by atoms with Crippen LogP contribution >= 0.6 is 0 Å². The minimum atomic E-state index is -1.13. The molecule has 8 nitrogen and oxygen atoms in total. The Morgan fingerprint density at radius 3 is 2.35 bits per heavy atom. The lowest BCUT2D eigenvalue weighted by Crippen LogP contribution is -2.37. The van der Waals surface area contributed by atoms with Crippen molar-refractivity contribution in [1.29, 1.82) is 0 Å². The zero-order valence-corrected chi connectivity index (χ0v) is 19.3. The molecule has 3 N–H and O–H groups in total. The van der Waals surface area contributed by atoms with Gasteiger partial charge in [-0.2, -0.15) is 0 Å². The number of carbonyl (C=O) groups excluding carboxylic acids is 2. The van der Waals surface area contributed by atoms with Gasteiger partial charge >= 0.3 is 19.1 Å². The van der Waals surface area contributed by atoms with Crippen molar-refractivity contribution < 1.29 is 33.5 Å². The van der Waals surface area contributed by atoms with Crippen molar-refractivity contribution in [3.63, 3.8) is 0 Å². The Kier molecular flexibility index (Phi) is 8.13. The molecule has 172 valence electrons. The molecule has 2 atom stereocenters. The van der Waals surface area contributed by atoms with Crippen LogP contribution in [0.15, 0.2) is 18.2 Å². The third kappa shape index (κ3) is 6.69. The summed E-state index contributed by atoms with van der Waals surface area (Å²) in [6.07, 6.45) is -0.545. The quantitative estimate of drug-likeness (QED) is 0.468. The van der Waals surface area contributed by atoms with Gasteiger partial charge in [-0.15, -0.1) is 0 Å². The summed E-state index contributed by atoms with van der Waals surface area (Å²) in [5.41, 5.74) is 5.58. The second-order valence-corrected chi connectivity index (χ2v) is 9.75. The number of benzene rings is 1. The van der Waals surface area contributed by atoms with E-state index in [4.69, 9.17) is 24.6 Å². The van der Waals surface area contributed by atoms with Crippen LogP contribution in [0.1, 0.15) is 59.6 Å². The zero-order chi connectivity index (χ0) is 23.4. The van der Waals surface area contributed by atoms with E-state index in [1.165, 1.54) is 0 Å². The molecule has 0 aliphatic carbocycles. The number of ether oxygens (including phenoxy) is 3. The number of esters is 2. The molecule has 1 aromatic rings. The number of nitrogens with two attached hydrogens (primary N) is 1. The summed E-state index contributed by atoms with van der Waals surface area (Å²) in [7, 11) is -1.13. The molecular weight excluding hydrogens is 401 g/mol. The Bertz CT molecular complexity index is 785. The first-order chi connectivity index (χ1) is 14.3. The van der Waals surface area contributed by atoms with Crippen molar-refractivity contribution in [3.05, 3.63) is 23.8 Å². The first-order valence-electron chi connectivity index (χ1n) is 10.5. The Morgan fingerprint density at radius 2 is 1.77 bits per heavy atom. The number of carbonyl (C=O) groups is 2. The van der Waals surface area contributed by atoms with E-state index in [-0.39, 0.29) is 19.3 Å². The molecule has 0 unspecified atom stereocenters. The van der Waals surface area contributed by atoms with Gasteiger partial charge in [-0.05, 0) is 66.1 Å². The van der Waals surface area contributed by atoms with E-state index in [9.17, 15) is 14.6 Å². The smallest absolute Gasteiger partial charge is 0.490 e. The Morgan fingerprint density at radius 1 is 1.13 bits per heavy atom. The fourth-order valence-corrected chi connectivity index (χ4v) is 2.92. The second-order valence-electron chi connectivity index (χ2n) is 9.75. The molecule has 31 heavy (non-hydrogen) atoms. The summed E-state index contributed by atoms with van der Waals surface area (Å²) in [6, 6.07) is 5.37. The first-order valence-corrected chi connectivity index (χ1v) is 10.5. The van der Waals surface area contributed by atoms with Crippen LogP contribution in [-0.4, -0.2) is 49.9 Å². The second kappa shape index (κ2) is 10.0. The van der Waals surface area contributed by atoms with Crippen LogP contribution in [-0.2, 0) is 23.7 Å². The first kappa shape index (κ1) is 25.2. The topological polar surface area (TPSA) is 117 Å². The molecule has 0 saturated heterocycles. The molecule has 0 saturated carbocycles. The van der Waals surface area contributed by atoms with Gasteiger partial charge in [0, 0.05) is 5.46 Å². The van der Waals surface area contributed by atoms with Crippen molar-refractivity contribution in [1.82, 2.24) is 0 Å². The van der Waals surface area contributed by atoms with Gasteiger partial charge in [0.15, 0.2) is 6.10 Å². The predicted molar refractivity (Wildman–Crippen MR) is 117 cm³/mol. The van der Waals surface area contributed by atoms with Crippen molar-refractivity contribution in [2.75, 3.05) is 19.8 Å². The molecule has 0 radical (unpaired) electrons. The molecule has 9 heteroatoms. The molecule has 1 heterocycles. The molecule has 1 aliphatic rings. The maximum atomic E-state index is 12.4. The van der Waals surface area contributed by atoms with E-state index in [0.29, 0.717) is 24.2 Å². The van der Waals surface area contributed by atoms with Gasteiger partial charge in [-0.3, -0.25) is 9.59 Å². The Balaban J connectivity index is 2.14. The summed E-state index contributed by atoms with van der Waals surface area (Å²) < 4.78 is 22.4. The third-order valence-corrected chi connectivity index (χ3v) is 4.74. The Hall–Kier alpha value is -2.10.